The zero-order chi connectivity index (χ0) is 26.8. The van der Waals surface area contributed by atoms with Gasteiger partial charge in [0.15, 0.2) is 0 Å². The highest BCUT2D eigenvalue weighted by atomic mass is 32.2. The number of rotatable bonds is 6. The third kappa shape index (κ3) is 6.43. The maximum absolute atomic E-state index is 13.1. The molecule has 196 valence electrons. The van der Waals surface area contributed by atoms with E-state index >= 15 is 0 Å². The van der Waals surface area contributed by atoms with Gasteiger partial charge in [-0.05, 0) is 55.0 Å². The van der Waals surface area contributed by atoms with Crippen LogP contribution in [-0.4, -0.2) is 51.7 Å². The SMILES string of the molecule is Cc1ccc(CN(c2ccc(C(=O)N3CCN(c4cccc(C(F)(F)F)c4)CC3)cc2)S(C)(=O)=O)cc1. The molecule has 0 aromatic heterocycles. The lowest BCUT2D eigenvalue weighted by atomic mass is 10.1. The van der Waals surface area contributed by atoms with Crippen molar-refractivity contribution in [3.8, 4) is 0 Å². The first kappa shape index (κ1) is 26.5. The lowest BCUT2D eigenvalue weighted by Crippen LogP contribution is -2.48. The summed E-state index contributed by atoms with van der Waals surface area (Å²) in [6, 6.07) is 19.2. The van der Waals surface area contributed by atoms with Crippen molar-refractivity contribution >= 4 is 27.3 Å². The van der Waals surface area contributed by atoms with E-state index in [-0.39, 0.29) is 12.5 Å². The zero-order valence-electron chi connectivity index (χ0n) is 20.6. The lowest BCUT2D eigenvalue weighted by Gasteiger charge is -2.36. The van der Waals surface area contributed by atoms with E-state index in [1.807, 2.05) is 36.1 Å². The Balaban J connectivity index is 1.42. The van der Waals surface area contributed by atoms with Gasteiger partial charge in [0.2, 0.25) is 10.0 Å². The van der Waals surface area contributed by atoms with Crippen molar-refractivity contribution < 1.29 is 26.4 Å². The highest BCUT2D eigenvalue weighted by molar-refractivity contribution is 7.92. The van der Waals surface area contributed by atoms with E-state index in [0.717, 1.165) is 29.5 Å². The van der Waals surface area contributed by atoms with Gasteiger partial charge in [0.05, 0.1) is 24.1 Å². The van der Waals surface area contributed by atoms with Crippen molar-refractivity contribution in [2.75, 3.05) is 41.6 Å². The van der Waals surface area contributed by atoms with Crippen molar-refractivity contribution in [2.24, 2.45) is 0 Å². The quantitative estimate of drug-likeness (QED) is 0.452. The molecule has 37 heavy (non-hydrogen) atoms. The summed E-state index contributed by atoms with van der Waals surface area (Å²) in [6.07, 6.45) is -3.27. The van der Waals surface area contributed by atoms with E-state index in [4.69, 9.17) is 0 Å². The smallest absolute Gasteiger partial charge is 0.368 e. The number of piperazine rings is 1. The van der Waals surface area contributed by atoms with Crippen molar-refractivity contribution in [1.29, 1.82) is 0 Å². The number of carbonyl (C=O) groups excluding carboxylic acids is 1. The number of alkyl halides is 3. The Morgan fingerprint density at radius 3 is 2.11 bits per heavy atom. The first-order valence-electron chi connectivity index (χ1n) is 11.8. The molecular weight excluding hydrogens is 503 g/mol. The van der Waals surface area contributed by atoms with Crippen LogP contribution < -0.4 is 9.21 Å². The standard InChI is InChI=1S/C27H28F3N3O3S/c1-20-6-8-21(9-7-20)19-33(37(2,35)36)24-12-10-22(11-13-24)26(34)32-16-14-31(15-17-32)25-5-3-4-23(18-25)27(28,29)30/h3-13,18H,14-17,19H2,1-2H3. The fraction of sp³-hybridized carbons (Fsp3) is 0.296. The minimum Gasteiger partial charge on any atom is -0.368 e. The van der Waals surface area contributed by atoms with Crippen LogP contribution in [0.25, 0.3) is 0 Å². The molecular formula is C27H28F3N3O3S. The van der Waals surface area contributed by atoms with E-state index in [1.165, 1.54) is 10.4 Å². The molecule has 0 radical (unpaired) electrons. The molecule has 1 saturated heterocycles. The van der Waals surface area contributed by atoms with Gasteiger partial charge in [-0.3, -0.25) is 9.10 Å². The minimum atomic E-state index is -4.41. The van der Waals surface area contributed by atoms with Gasteiger partial charge in [-0.15, -0.1) is 0 Å². The molecule has 4 rings (SSSR count). The molecule has 3 aromatic rings. The van der Waals surface area contributed by atoms with Gasteiger partial charge in [0.1, 0.15) is 0 Å². The summed E-state index contributed by atoms with van der Waals surface area (Å²) in [6.45, 7) is 3.66. The topological polar surface area (TPSA) is 60.9 Å². The summed E-state index contributed by atoms with van der Waals surface area (Å²) in [5.74, 6) is -0.209. The molecule has 0 N–H and O–H groups in total. The van der Waals surface area contributed by atoms with Crippen LogP contribution >= 0.6 is 0 Å². The van der Waals surface area contributed by atoms with Gasteiger partial charge in [-0.25, -0.2) is 8.42 Å². The Morgan fingerprint density at radius 1 is 0.919 bits per heavy atom. The second kappa shape index (κ2) is 10.5. The van der Waals surface area contributed by atoms with Crippen LogP contribution in [0.5, 0.6) is 0 Å². The monoisotopic (exact) mass is 531 g/mol. The molecule has 10 heteroatoms. The van der Waals surface area contributed by atoms with E-state index in [1.54, 1.807) is 35.2 Å². The van der Waals surface area contributed by atoms with Gasteiger partial charge in [-0.1, -0.05) is 35.9 Å². The number of amides is 1. The fourth-order valence-electron chi connectivity index (χ4n) is 4.26. The highest BCUT2D eigenvalue weighted by Gasteiger charge is 2.31. The number of halogens is 3. The van der Waals surface area contributed by atoms with Gasteiger partial charge in [0.25, 0.3) is 5.91 Å². The largest absolute Gasteiger partial charge is 0.416 e. The molecule has 6 nitrogen and oxygen atoms in total. The first-order valence-corrected chi connectivity index (χ1v) is 13.6. The highest BCUT2D eigenvalue weighted by Crippen LogP contribution is 2.32. The molecule has 3 aromatic carbocycles. The third-order valence-corrected chi connectivity index (χ3v) is 7.50. The molecule has 0 spiro atoms. The van der Waals surface area contributed by atoms with Crippen LogP contribution in [0.1, 0.15) is 27.0 Å². The number of carbonyl (C=O) groups is 1. The Kier molecular flexibility index (Phi) is 7.49. The maximum atomic E-state index is 13.1. The molecule has 0 bridgehead atoms. The summed E-state index contributed by atoms with van der Waals surface area (Å²) in [5, 5.41) is 0. The summed E-state index contributed by atoms with van der Waals surface area (Å²) < 4.78 is 65.4. The number of sulfonamides is 1. The van der Waals surface area contributed by atoms with Gasteiger partial charge in [0, 0.05) is 37.4 Å². The van der Waals surface area contributed by atoms with E-state index in [9.17, 15) is 26.4 Å². The van der Waals surface area contributed by atoms with E-state index in [0.29, 0.717) is 43.1 Å². The minimum absolute atomic E-state index is 0.171. The first-order chi connectivity index (χ1) is 17.4. The average molecular weight is 532 g/mol. The predicted molar refractivity (Wildman–Crippen MR) is 138 cm³/mol. The van der Waals surface area contributed by atoms with Gasteiger partial charge >= 0.3 is 6.18 Å². The number of nitrogens with zero attached hydrogens (tertiary/aromatic N) is 3. The Hall–Kier alpha value is -3.53. The summed E-state index contributed by atoms with van der Waals surface area (Å²) >= 11 is 0. The van der Waals surface area contributed by atoms with E-state index < -0.39 is 21.8 Å². The van der Waals surface area contributed by atoms with Crippen LogP contribution in [0, 0.1) is 6.92 Å². The van der Waals surface area contributed by atoms with Crippen molar-refractivity contribution in [2.45, 2.75) is 19.6 Å². The summed E-state index contributed by atoms with van der Waals surface area (Å²) in [4.78, 5) is 16.5. The molecule has 1 heterocycles. The molecule has 1 aliphatic rings. The van der Waals surface area contributed by atoms with Crippen LogP contribution in [0.3, 0.4) is 0 Å². The number of aryl methyl sites for hydroxylation is 1. The molecule has 0 aliphatic carbocycles. The predicted octanol–water partition coefficient (Wildman–Crippen LogP) is 4.94. The van der Waals surface area contributed by atoms with Crippen molar-refractivity contribution in [3.05, 3.63) is 95.1 Å². The summed E-state index contributed by atoms with van der Waals surface area (Å²) in [5.41, 5.74) is 2.56. The number of anilines is 2. The molecule has 1 amide bonds. The van der Waals surface area contributed by atoms with Crippen LogP contribution in [-0.2, 0) is 22.7 Å². The Morgan fingerprint density at radius 2 is 1.54 bits per heavy atom. The zero-order valence-corrected chi connectivity index (χ0v) is 21.4. The summed E-state index contributed by atoms with van der Waals surface area (Å²) in [7, 11) is -3.56. The third-order valence-electron chi connectivity index (χ3n) is 6.35. The second-order valence-corrected chi connectivity index (χ2v) is 11.0. The molecule has 0 unspecified atom stereocenters. The van der Waals surface area contributed by atoms with Crippen LogP contribution in [0.2, 0.25) is 0 Å². The van der Waals surface area contributed by atoms with Crippen molar-refractivity contribution in [1.82, 2.24) is 4.90 Å². The average Bonchev–Trinajstić information content (AvgIpc) is 2.87. The van der Waals surface area contributed by atoms with Gasteiger partial charge < -0.3 is 9.80 Å². The lowest BCUT2D eigenvalue weighted by molar-refractivity contribution is -0.137. The molecule has 1 fully saturated rings. The van der Waals surface area contributed by atoms with Crippen LogP contribution in [0.4, 0.5) is 24.5 Å². The second-order valence-electron chi connectivity index (χ2n) is 9.13. The van der Waals surface area contributed by atoms with Crippen molar-refractivity contribution in [3.63, 3.8) is 0 Å². The molecule has 0 saturated carbocycles. The van der Waals surface area contributed by atoms with Crippen LogP contribution in [0.15, 0.2) is 72.8 Å². The Labute approximate surface area is 215 Å². The maximum Gasteiger partial charge on any atom is 0.416 e. The normalized spacial score (nSPS) is 14.5. The van der Waals surface area contributed by atoms with E-state index in [2.05, 4.69) is 0 Å². The Bertz CT molecular complexity index is 1350. The van der Waals surface area contributed by atoms with Gasteiger partial charge in [-0.2, -0.15) is 13.2 Å². The number of hydrogen-bond acceptors (Lipinski definition) is 4. The molecule has 1 aliphatic heterocycles. The molecule has 0 atom stereocenters. The number of benzene rings is 3. The number of hydrogen-bond donors (Lipinski definition) is 0. The fourth-order valence-corrected chi connectivity index (χ4v) is 5.15.